The zero-order valence-corrected chi connectivity index (χ0v) is 14.7. The first-order valence-corrected chi connectivity index (χ1v) is 8.74. The third-order valence-corrected chi connectivity index (χ3v) is 5.25. The summed E-state index contributed by atoms with van der Waals surface area (Å²) in [6, 6.07) is 7.18. The number of carbonyl (C=O) groups is 1. The molecule has 0 spiro atoms. The molecule has 1 aromatic heterocycles. The van der Waals surface area contributed by atoms with Gasteiger partial charge >= 0.3 is 0 Å². The largest absolute Gasteiger partial charge is 0.497 e. The van der Waals surface area contributed by atoms with E-state index in [2.05, 4.69) is 5.16 Å². The van der Waals surface area contributed by atoms with Gasteiger partial charge in [-0.1, -0.05) is 16.8 Å². The van der Waals surface area contributed by atoms with Gasteiger partial charge in [-0.25, -0.2) is 0 Å². The molecule has 132 valence electrons. The minimum Gasteiger partial charge on any atom is -0.497 e. The van der Waals surface area contributed by atoms with Crippen LogP contribution < -0.4 is 9.47 Å². The van der Waals surface area contributed by atoms with Gasteiger partial charge in [-0.2, -0.15) is 0 Å². The Labute approximate surface area is 150 Å². The van der Waals surface area contributed by atoms with Gasteiger partial charge in [0.05, 0.1) is 12.1 Å². The Morgan fingerprint density at radius 3 is 2.96 bits per heavy atom. The van der Waals surface area contributed by atoms with Crippen molar-refractivity contribution in [2.75, 3.05) is 13.7 Å². The number of fused-ring (bicyclic) bond motifs is 2. The molecule has 2 aliphatic rings. The molecule has 2 aromatic rings. The Hall–Kier alpha value is -2.21. The second kappa shape index (κ2) is 6.59. The second-order valence-electron chi connectivity index (χ2n) is 6.55. The van der Waals surface area contributed by atoms with Gasteiger partial charge in [0.1, 0.15) is 18.1 Å². The molecule has 1 aliphatic carbocycles. The van der Waals surface area contributed by atoms with Crippen LogP contribution in [0.2, 0.25) is 5.02 Å². The number of carbonyl (C=O) groups excluding carboxylic acids is 1. The summed E-state index contributed by atoms with van der Waals surface area (Å²) in [7, 11) is 1.57. The quantitative estimate of drug-likeness (QED) is 0.814. The monoisotopic (exact) mass is 362 g/mol. The Balaban J connectivity index is 1.39. The van der Waals surface area contributed by atoms with Gasteiger partial charge in [-0.05, 0) is 37.3 Å². The van der Waals surface area contributed by atoms with E-state index < -0.39 is 0 Å². The van der Waals surface area contributed by atoms with E-state index in [0.717, 1.165) is 19.4 Å². The van der Waals surface area contributed by atoms with Crippen LogP contribution in [0.1, 0.15) is 35.5 Å². The molecule has 2 heterocycles. The minimum atomic E-state index is -0.0512. The first kappa shape index (κ1) is 16.3. The lowest BCUT2D eigenvalue weighted by Crippen LogP contribution is -2.37. The van der Waals surface area contributed by atoms with E-state index in [4.69, 9.17) is 25.6 Å². The maximum Gasteiger partial charge on any atom is 0.276 e. The van der Waals surface area contributed by atoms with E-state index in [9.17, 15) is 4.79 Å². The number of aromatic nitrogens is 1. The summed E-state index contributed by atoms with van der Waals surface area (Å²) in [6.45, 7) is 0.988. The fourth-order valence-electron chi connectivity index (χ4n) is 3.68. The third-order valence-electron chi connectivity index (χ3n) is 4.96. The molecule has 1 saturated carbocycles. The predicted molar refractivity (Wildman–Crippen MR) is 91.0 cm³/mol. The van der Waals surface area contributed by atoms with Crippen LogP contribution in [0.5, 0.6) is 11.5 Å². The van der Waals surface area contributed by atoms with Crippen molar-refractivity contribution in [3.63, 3.8) is 0 Å². The molecule has 6 nitrogen and oxygen atoms in total. The number of ether oxygens (including phenoxy) is 2. The zero-order valence-electron chi connectivity index (χ0n) is 13.9. The number of methoxy groups -OCH3 is 1. The van der Waals surface area contributed by atoms with E-state index in [1.165, 1.54) is 6.42 Å². The molecule has 2 fully saturated rings. The fraction of sp³-hybridized carbons (Fsp3) is 0.444. The molecule has 25 heavy (non-hydrogen) atoms. The van der Waals surface area contributed by atoms with E-state index in [0.29, 0.717) is 39.9 Å². The molecule has 2 atom stereocenters. The zero-order chi connectivity index (χ0) is 17.4. The van der Waals surface area contributed by atoms with Crippen molar-refractivity contribution in [1.29, 1.82) is 0 Å². The van der Waals surface area contributed by atoms with Gasteiger partial charge in [0.25, 0.3) is 5.91 Å². The highest BCUT2D eigenvalue weighted by Gasteiger charge is 2.41. The molecule has 2 bridgehead atoms. The van der Waals surface area contributed by atoms with Crippen molar-refractivity contribution >= 4 is 17.5 Å². The van der Waals surface area contributed by atoms with Crippen LogP contribution in [0, 0.1) is 5.92 Å². The smallest absolute Gasteiger partial charge is 0.276 e. The molecular weight excluding hydrogens is 344 g/mol. The summed E-state index contributed by atoms with van der Waals surface area (Å²) in [5.74, 6) is 2.26. The summed E-state index contributed by atoms with van der Waals surface area (Å²) < 4.78 is 16.0. The van der Waals surface area contributed by atoms with Crippen molar-refractivity contribution in [2.24, 2.45) is 5.92 Å². The minimum absolute atomic E-state index is 0.0512. The number of halogens is 1. The Kier molecular flexibility index (Phi) is 4.29. The maximum atomic E-state index is 12.6. The molecule has 4 rings (SSSR count). The lowest BCUT2D eigenvalue weighted by molar-refractivity contribution is 0.0693. The highest BCUT2D eigenvalue weighted by Crippen LogP contribution is 2.38. The summed E-state index contributed by atoms with van der Waals surface area (Å²) in [6.07, 6.45) is 3.45. The highest BCUT2D eigenvalue weighted by molar-refractivity contribution is 6.32. The van der Waals surface area contributed by atoms with Crippen molar-refractivity contribution < 1.29 is 18.8 Å². The first-order valence-electron chi connectivity index (χ1n) is 8.37. The van der Waals surface area contributed by atoms with E-state index in [-0.39, 0.29) is 12.5 Å². The number of benzene rings is 1. The van der Waals surface area contributed by atoms with E-state index in [1.54, 1.807) is 31.4 Å². The van der Waals surface area contributed by atoms with E-state index in [1.807, 2.05) is 4.90 Å². The molecule has 0 N–H and O–H groups in total. The molecular formula is C18H19ClN2O4. The van der Waals surface area contributed by atoms with E-state index >= 15 is 0 Å². The lowest BCUT2D eigenvalue weighted by atomic mass is 10.1. The molecule has 7 heteroatoms. The Bertz CT molecular complexity index is 791. The molecule has 1 amide bonds. The predicted octanol–water partition coefficient (Wildman–Crippen LogP) is 3.54. The average Bonchev–Trinajstić information content (AvgIpc) is 3.36. The number of rotatable bonds is 5. The van der Waals surface area contributed by atoms with Crippen molar-refractivity contribution in [2.45, 2.75) is 31.9 Å². The standard InChI is InChI=1S/C18H19ClN2O4/c1-23-13-4-5-17(15(19)7-13)24-10-14-8-16(20-25-14)18(22)21-9-11-2-3-12(21)6-11/h4-5,7-8,11-12H,2-3,6,9-10H2,1H3/t11-,12-/m0/s1. The SMILES string of the molecule is COc1ccc(OCc2cc(C(=O)N3C[C@H]4CC[C@H]3C4)no2)c(Cl)c1. The van der Waals surface area contributed by atoms with Crippen LogP contribution in [0.4, 0.5) is 0 Å². The first-order chi connectivity index (χ1) is 12.1. The van der Waals surface area contributed by atoms with Crippen LogP contribution in [-0.2, 0) is 6.61 Å². The lowest BCUT2D eigenvalue weighted by Gasteiger charge is -2.25. The molecule has 0 radical (unpaired) electrons. The van der Waals surface area contributed by atoms with Gasteiger partial charge in [0, 0.05) is 24.7 Å². The third kappa shape index (κ3) is 3.18. The number of likely N-dealkylation sites (tertiary alicyclic amines) is 1. The fourth-order valence-corrected chi connectivity index (χ4v) is 3.90. The van der Waals surface area contributed by atoms with Crippen LogP contribution in [-0.4, -0.2) is 35.7 Å². The maximum absolute atomic E-state index is 12.6. The number of hydrogen-bond acceptors (Lipinski definition) is 5. The van der Waals surface area contributed by atoms with Crippen LogP contribution in [0.3, 0.4) is 0 Å². The molecule has 1 aromatic carbocycles. The van der Waals surface area contributed by atoms with Gasteiger partial charge in [-0.15, -0.1) is 0 Å². The topological polar surface area (TPSA) is 64.8 Å². The summed E-state index contributed by atoms with van der Waals surface area (Å²) in [4.78, 5) is 14.5. The van der Waals surface area contributed by atoms with Gasteiger partial charge < -0.3 is 18.9 Å². The second-order valence-corrected chi connectivity index (χ2v) is 6.96. The van der Waals surface area contributed by atoms with Gasteiger partial charge in [0.15, 0.2) is 11.5 Å². The summed E-state index contributed by atoms with van der Waals surface area (Å²) in [5.41, 5.74) is 0.340. The normalized spacial score (nSPS) is 21.6. The number of hydrogen-bond donors (Lipinski definition) is 0. The Morgan fingerprint density at radius 2 is 2.28 bits per heavy atom. The molecule has 1 saturated heterocycles. The van der Waals surface area contributed by atoms with Crippen LogP contribution >= 0.6 is 11.6 Å². The van der Waals surface area contributed by atoms with Gasteiger partial charge in [0.2, 0.25) is 0 Å². The highest BCUT2D eigenvalue weighted by atomic mass is 35.5. The summed E-state index contributed by atoms with van der Waals surface area (Å²) >= 11 is 6.14. The summed E-state index contributed by atoms with van der Waals surface area (Å²) in [5, 5.41) is 4.35. The number of nitrogens with zero attached hydrogens (tertiary/aromatic N) is 2. The molecule has 0 unspecified atom stereocenters. The van der Waals surface area contributed by atoms with Crippen LogP contribution in [0.25, 0.3) is 0 Å². The van der Waals surface area contributed by atoms with Crippen molar-refractivity contribution in [3.05, 3.63) is 40.7 Å². The number of piperidine rings is 1. The molecule has 1 aliphatic heterocycles. The Morgan fingerprint density at radius 1 is 1.40 bits per heavy atom. The van der Waals surface area contributed by atoms with Crippen molar-refractivity contribution in [3.8, 4) is 11.5 Å². The van der Waals surface area contributed by atoms with Crippen molar-refractivity contribution in [1.82, 2.24) is 10.1 Å². The number of amides is 1. The van der Waals surface area contributed by atoms with Gasteiger partial charge in [-0.3, -0.25) is 4.79 Å². The average molecular weight is 363 g/mol. The van der Waals surface area contributed by atoms with Crippen LogP contribution in [0.15, 0.2) is 28.8 Å².